The van der Waals surface area contributed by atoms with Crippen LogP contribution in [0.4, 0.5) is 4.79 Å². The van der Waals surface area contributed by atoms with Gasteiger partial charge in [0, 0.05) is 12.4 Å². The minimum Gasteiger partial charge on any atom is -0.449 e. The maximum Gasteiger partial charge on any atom is 0.339 e. The Morgan fingerprint density at radius 1 is 1.18 bits per heavy atom. The molecule has 0 aliphatic carbocycles. The van der Waals surface area contributed by atoms with Gasteiger partial charge in [-0.2, -0.15) is 0 Å². The summed E-state index contributed by atoms with van der Waals surface area (Å²) < 4.78 is 5.87. The van der Waals surface area contributed by atoms with Gasteiger partial charge in [-0.1, -0.05) is 29.8 Å². The maximum atomic E-state index is 12.8. The number of carbonyl (C=O) groups is 3. The summed E-state index contributed by atoms with van der Waals surface area (Å²) in [4.78, 5) is 41.4. The summed E-state index contributed by atoms with van der Waals surface area (Å²) in [6.45, 7) is 1.39. The molecule has 0 radical (unpaired) electrons. The van der Waals surface area contributed by atoms with E-state index in [0.717, 1.165) is 4.88 Å². The number of hydrogen-bond donors (Lipinski definition) is 2. The third-order valence-corrected chi connectivity index (χ3v) is 5.13. The fourth-order valence-electron chi connectivity index (χ4n) is 2.48. The normalized spacial score (nSPS) is 11.7. The van der Waals surface area contributed by atoms with E-state index in [4.69, 9.17) is 16.3 Å². The number of nitrogens with one attached hydrogen (secondary N) is 2. The molecule has 2 heterocycles. The first kappa shape index (κ1) is 19.8. The molecule has 7 nitrogen and oxygen atoms in total. The molecule has 0 saturated heterocycles. The molecule has 2 N–H and O–H groups in total. The summed E-state index contributed by atoms with van der Waals surface area (Å²) in [5, 5.41) is 4.93. The Morgan fingerprint density at radius 3 is 2.61 bits per heavy atom. The number of urea groups is 1. The molecule has 1 aromatic carbocycles. The van der Waals surface area contributed by atoms with Crippen LogP contribution in [0.2, 0.25) is 4.34 Å². The van der Waals surface area contributed by atoms with E-state index >= 15 is 0 Å². The van der Waals surface area contributed by atoms with Crippen molar-refractivity contribution >= 4 is 51.7 Å². The van der Waals surface area contributed by atoms with E-state index in [0.29, 0.717) is 20.9 Å². The lowest BCUT2D eigenvalue weighted by Crippen LogP contribution is -2.43. The second-order valence-electron chi connectivity index (χ2n) is 5.79. The topological polar surface area (TPSA) is 97.4 Å². The van der Waals surface area contributed by atoms with Gasteiger partial charge in [0.15, 0.2) is 6.10 Å². The van der Waals surface area contributed by atoms with Crippen molar-refractivity contribution in [1.82, 2.24) is 15.6 Å². The number of halogens is 1. The minimum absolute atomic E-state index is 0.268. The van der Waals surface area contributed by atoms with Crippen LogP contribution in [-0.4, -0.2) is 36.0 Å². The molecule has 0 bridgehead atoms. The van der Waals surface area contributed by atoms with Crippen LogP contribution in [0.5, 0.6) is 0 Å². The molecule has 2 aromatic heterocycles. The van der Waals surface area contributed by atoms with Gasteiger partial charge < -0.3 is 10.1 Å². The zero-order valence-electron chi connectivity index (χ0n) is 15.0. The zero-order chi connectivity index (χ0) is 20.3. The van der Waals surface area contributed by atoms with E-state index in [9.17, 15) is 14.4 Å². The van der Waals surface area contributed by atoms with Gasteiger partial charge in [0.1, 0.15) is 0 Å². The average molecular weight is 418 g/mol. The van der Waals surface area contributed by atoms with Crippen LogP contribution in [0.25, 0.3) is 21.5 Å². The number of rotatable bonds is 4. The maximum absolute atomic E-state index is 12.8. The summed E-state index contributed by atoms with van der Waals surface area (Å²) in [5.74, 6) is -1.42. The number of pyridine rings is 1. The van der Waals surface area contributed by atoms with Crippen molar-refractivity contribution in [1.29, 1.82) is 0 Å². The number of aromatic nitrogens is 1. The number of amides is 3. The summed E-state index contributed by atoms with van der Waals surface area (Å²) in [6.07, 6.45) is -1.16. The molecular weight excluding hydrogens is 402 g/mol. The molecule has 9 heteroatoms. The first-order chi connectivity index (χ1) is 13.4. The van der Waals surface area contributed by atoms with E-state index in [-0.39, 0.29) is 5.56 Å². The number of carbonyl (C=O) groups excluding carboxylic acids is 3. The molecule has 0 saturated carbocycles. The molecule has 144 valence electrons. The van der Waals surface area contributed by atoms with Gasteiger partial charge in [-0.15, -0.1) is 11.3 Å². The van der Waals surface area contributed by atoms with Crippen molar-refractivity contribution in [3.63, 3.8) is 0 Å². The van der Waals surface area contributed by atoms with E-state index in [1.54, 1.807) is 30.3 Å². The highest BCUT2D eigenvalue weighted by Crippen LogP contribution is 2.32. The number of ether oxygens (including phenoxy) is 1. The predicted molar refractivity (Wildman–Crippen MR) is 108 cm³/mol. The van der Waals surface area contributed by atoms with Crippen LogP contribution in [-0.2, 0) is 9.53 Å². The molecule has 0 fully saturated rings. The minimum atomic E-state index is -1.16. The van der Waals surface area contributed by atoms with Crippen LogP contribution in [0.1, 0.15) is 17.3 Å². The van der Waals surface area contributed by atoms with Gasteiger partial charge in [0.05, 0.1) is 26.0 Å². The molecule has 1 atom stereocenters. The molecular formula is C19H16ClN3O4S. The van der Waals surface area contributed by atoms with Crippen molar-refractivity contribution in [2.75, 3.05) is 7.05 Å². The van der Waals surface area contributed by atoms with Gasteiger partial charge in [-0.05, 0) is 31.2 Å². The summed E-state index contributed by atoms with van der Waals surface area (Å²) >= 11 is 7.35. The van der Waals surface area contributed by atoms with Crippen LogP contribution in [0.3, 0.4) is 0 Å². The molecule has 28 heavy (non-hydrogen) atoms. The average Bonchev–Trinajstić information content (AvgIpc) is 3.13. The first-order valence-corrected chi connectivity index (χ1v) is 9.47. The lowest BCUT2D eigenvalue weighted by molar-refractivity contribution is -0.127. The van der Waals surface area contributed by atoms with Crippen molar-refractivity contribution in [2.24, 2.45) is 0 Å². The Kier molecular flexibility index (Phi) is 5.91. The van der Waals surface area contributed by atoms with Gasteiger partial charge in [-0.25, -0.2) is 14.6 Å². The number of nitrogens with zero attached hydrogens (tertiary/aromatic N) is 1. The Morgan fingerprint density at radius 2 is 1.93 bits per heavy atom. The van der Waals surface area contributed by atoms with E-state index < -0.39 is 24.0 Å². The zero-order valence-corrected chi connectivity index (χ0v) is 16.6. The quantitative estimate of drug-likeness (QED) is 0.632. The SMILES string of the molecule is CNC(=O)NC(=O)C(C)OC(=O)c1cc(-c2ccc(Cl)s2)nc2ccccc12. The van der Waals surface area contributed by atoms with Crippen LogP contribution >= 0.6 is 22.9 Å². The number of benzene rings is 1. The van der Waals surface area contributed by atoms with Crippen molar-refractivity contribution < 1.29 is 19.1 Å². The molecule has 3 aromatic rings. The first-order valence-electron chi connectivity index (χ1n) is 8.28. The molecule has 0 aliphatic rings. The van der Waals surface area contributed by atoms with E-state index in [1.165, 1.54) is 25.3 Å². The molecule has 1 unspecified atom stereocenters. The lowest BCUT2D eigenvalue weighted by Gasteiger charge is -2.14. The van der Waals surface area contributed by atoms with E-state index in [1.807, 2.05) is 12.1 Å². The monoisotopic (exact) mass is 417 g/mol. The third kappa shape index (κ3) is 4.29. The highest BCUT2D eigenvalue weighted by atomic mass is 35.5. The summed E-state index contributed by atoms with van der Waals surface area (Å²) in [5.41, 5.74) is 1.45. The summed E-state index contributed by atoms with van der Waals surface area (Å²) in [7, 11) is 1.38. The largest absolute Gasteiger partial charge is 0.449 e. The number of hydrogen-bond acceptors (Lipinski definition) is 6. The second kappa shape index (κ2) is 8.37. The van der Waals surface area contributed by atoms with Crippen molar-refractivity contribution in [2.45, 2.75) is 13.0 Å². The lowest BCUT2D eigenvalue weighted by atomic mass is 10.1. The molecule has 0 spiro atoms. The van der Waals surface area contributed by atoms with Crippen LogP contribution in [0, 0.1) is 0 Å². The fraction of sp³-hybridized carbons (Fsp3) is 0.158. The smallest absolute Gasteiger partial charge is 0.339 e. The Hall–Kier alpha value is -2.97. The predicted octanol–water partition coefficient (Wildman–Crippen LogP) is 3.62. The number of para-hydroxylation sites is 1. The number of fused-ring (bicyclic) bond motifs is 1. The Labute approximate surface area is 169 Å². The highest BCUT2D eigenvalue weighted by Gasteiger charge is 2.23. The number of imide groups is 1. The van der Waals surface area contributed by atoms with Crippen molar-refractivity contribution in [3.05, 3.63) is 52.4 Å². The Balaban J connectivity index is 1.93. The van der Waals surface area contributed by atoms with Gasteiger partial charge in [0.25, 0.3) is 5.91 Å². The van der Waals surface area contributed by atoms with E-state index in [2.05, 4.69) is 15.6 Å². The van der Waals surface area contributed by atoms with Gasteiger partial charge in [0.2, 0.25) is 0 Å². The standard InChI is InChI=1S/C19H16ClN3O4S/c1-10(17(24)23-19(26)21-2)27-18(25)12-9-14(15-7-8-16(20)28-15)22-13-6-4-3-5-11(12)13/h3-10H,1-2H3,(H2,21,23,24,26). The van der Waals surface area contributed by atoms with Gasteiger partial charge >= 0.3 is 12.0 Å². The Bertz CT molecular complexity index is 1070. The second-order valence-corrected chi connectivity index (χ2v) is 7.51. The van der Waals surface area contributed by atoms with Crippen LogP contribution < -0.4 is 10.6 Å². The molecule has 3 rings (SSSR count). The third-order valence-electron chi connectivity index (χ3n) is 3.88. The molecule has 0 aliphatic heterocycles. The highest BCUT2D eigenvalue weighted by molar-refractivity contribution is 7.19. The number of thiophene rings is 1. The van der Waals surface area contributed by atoms with Gasteiger partial charge in [-0.3, -0.25) is 10.1 Å². The molecule has 3 amide bonds. The van der Waals surface area contributed by atoms with Crippen LogP contribution in [0.15, 0.2) is 42.5 Å². The number of esters is 1. The fourth-order valence-corrected chi connectivity index (χ4v) is 3.48. The van der Waals surface area contributed by atoms with Crippen molar-refractivity contribution in [3.8, 4) is 10.6 Å². The summed E-state index contributed by atoms with van der Waals surface area (Å²) in [6, 6.07) is 11.6.